The first-order valence-corrected chi connectivity index (χ1v) is 10.1. The Balaban J connectivity index is 1.83. The van der Waals surface area contributed by atoms with Crippen LogP contribution in [0.25, 0.3) is 0 Å². The summed E-state index contributed by atoms with van der Waals surface area (Å²) in [5.74, 6) is 0.951. The van der Waals surface area contributed by atoms with Crippen LogP contribution in [0.5, 0.6) is 0 Å². The van der Waals surface area contributed by atoms with Crippen LogP contribution in [0.1, 0.15) is 78.1 Å². The molecule has 0 aromatic carbocycles. The molecule has 1 saturated heterocycles. The zero-order valence-corrected chi connectivity index (χ0v) is 15.9. The van der Waals surface area contributed by atoms with Crippen molar-refractivity contribution < 1.29 is 9.59 Å². The Hall–Kier alpha value is -1.06. The largest absolute Gasteiger partial charge is 0.346 e. The van der Waals surface area contributed by atoms with Crippen LogP contribution in [-0.4, -0.2) is 47.8 Å². The average Bonchev–Trinajstić information content (AvgIpc) is 2.64. The summed E-state index contributed by atoms with van der Waals surface area (Å²) in [6, 6.07) is 0.450. The summed E-state index contributed by atoms with van der Waals surface area (Å²) in [5, 5.41) is 0. The van der Waals surface area contributed by atoms with E-state index in [0.717, 1.165) is 70.9 Å². The minimum Gasteiger partial charge on any atom is -0.346 e. The number of hydrogen-bond donors (Lipinski definition) is 0. The number of unbranched alkanes of at least 4 members (excludes halogenated alkanes) is 1. The summed E-state index contributed by atoms with van der Waals surface area (Å²) in [7, 11) is 1.93. The molecule has 4 heteroatoms. The molecule has 1 atom stereocenters. The van der Waals surface area contributed by atoms with Gasteiger partial charge in [-0.3, -0.25) is 9.59 Å². The molecule has 2 rings (SSSR count). The molecule has 0 aromatic heterocycles. The van der Waals surface area contributed by atoms with Gasteiger partial charge < -0.3 is 9.80 Å². The van der Waals surface area contributed by atoms with Crippen molar-refractivity contribution in [3.8, 4) is 0 Å². The van der Waals surface area contributed by atoms with Crippen LogP contribution in [-0.2, 0) is 9.59 Å². The van der Waals surface area contributed by atoms with E-state index in [0.29, 0.717) is 17.9 Å². The van der Waals surface area contributed by atoms with Crippen molar-refractivity contribution in [2.24, 2.45) is 11.8 Å². The molecule has 1 saturated carbocycles. The van der Waals surface area contributed by atoms with E-state index in [1.54, 1.807) is 0 Å². The molecular weight excluding hydrogens is 300 g/mol. The third kappa shape index (κ3) is 4.73. The molecule has 4 nitrogen and oxygen atoms in total. The minimum absolute atomic E-state index is 0.138. The van der Waals surface area contributed by atoms with Gasteiger partial charge in [0.2, 0.25) is 11.8 Å². The third-order valence-electron chi connectivity index (χ3n) is 6.03. The van der Waals surface area contributed by atoms with E-state index in [9.17, 15) is 9.59 Å². The monoisotopic (exact) mass is 336 g/mol. The first-order valence-electron chi connectivity index (χ1n) is 10.1. The maximum absolute atomic E-state index is 12.9. The zero-order chi connectivity index (χ0) is 17.5. The quantitative estimate of drug-likeness (QED) is 0.739. The Morgan fingerprint density at radius 1 is 1.00 bits per heavy atom. The van der Waals surface area contributed by atoms with Crippen LogP contribution in [0.4, 0.5) is 0 Å². The van der Waals surface area contributed by atoms with Crippen molar-refractivity contribution in [3.05, 3.63) is 0 Å². The highest BCUT2D eigenvalue weighted by Gasteiger charge is 2.35. The van der Waals surface area contributed by atoms with E-state index < -0.39 is 0 Å². The number of rotatable bonds is 6. The molecule has 138 valence electrons. The second-order valence-electron chi connectivity index (χ2n) is 7.75. The second-order valence-corrected chi connectivity index (χ2v) is 7.75. The molecular formula is C20H36N2O2. The molecule has 1 aliphatic heterocycles. The lowest BCUT2D eigenvalue weighted by molar-refractivity contribution is -0.143. The fraction of sp³-hybridized carbons (Fsp3) is 0.900. The molecule has 1 aliphatic carbocycles. The first-order chi connectivity index (χ1) is 11.6. The predicted molar refractivity (Wildman–Crippen MR) is 97.6 cm³/mol. The molecule has 2 fully saturated rings. The summed E-state index contributed by atoms with van der Waals surface area (Å²) in [5.41, 5.74) is 0. The van der Waals surface area contributed by atoms with Gasteiger partial charge in [0, 0.05) is 38.0 Å². The molecule has 2 aliphatic rings. The van der Waals surface area contributed by atoms with E-state index in [1.165, 1.54) is 6.42 Å². The molecule has 1 heterocycles. The van der Waals surface area contributed by atoms with Gasteiger partial charge in [-0.1, -0.05) is 20.3 Å². The van der Waals surface area contributed by atoms with Crippen molar-refractivity contribution in [2.45, 2.75) is 84.1 Å². The number of nitrogens with zero attached hydrogens (tertiary/aromatic N) is 2. The van der Waals surface area contributed by atoms with Gasteiger partial charge in [0.25, 0.3) is 0 Å². The summed E-state index contributed by atoms with van der Waals surface area (Å²) < 4.78 is 0. The maximum Gasteiger partial charge on any atom is 0.225 e. The lowest BCUT2D eigenvalue weighted by atomic mass is 9.80. The average molecular weight is 337 g/mol. The van der Waals surface area contributed by atoms with Crippen LogP contribution in [0.3, 0.4) is 0 Å². The molecule has 0 radical (unpaired) electrons. The fourth-order valence-corrected chi connectivity index (χ4v) is 4.35. The van der Waals surface area contributed by atoms with Crippen molar-refractivity contribution >= 4 is 11.8 Å². The molecule has 0 bridgehead atoms. The number of hydrogen-bond acceptors (Lipinski definition) is 2. The van der Waals surface area contributed by atoms with E-state index in [2.05, 4.69) is 18.7 Å². The summed E-state index contributed by atoms with van der Waals surface area (Å²) in [6.45, 7) is 6.15. The number of carbonyl (C=O) groups excluding carboxylic acids is 2. The van der Waals surface area contributed by atoms with Crippen molar-refractivity contribution in [2.75, 3.05) is 20.1 Å². The van der Waals surface area contributed by atoms with Crippen LogP contribution in [0, 0.1) is 11.8 Å². The van der Waals surface area contributed by atoms with Gasteiger partial charge in [0.1, 0.15) is 0 Å². The topological polar surface area (TPSA) is 40.6 Å². The van der Waals surface area contributed by atoms with E-state index in [-0.39, 0.29) is 11.8 Å². The molecule has 0 N–H and O–H groups in total. The minimum atomic E-state index is 0.138. The molecule has 0 spiro atoms. The van der Waals surface area contributed by atoms with E-state index in [4.69, 9.17) is 0 Å². The zero-order valence-electron chi connectivity index (χ0n) is 15.9. The van der Waals surface area contributed by atoms with Crippen LogP contribution >= 0.6 is 0 Å². The van der Waals surface area contributed by atoms with Crippen LogP contribution in [0.15, 0.2) is 0 Å². The Morgan fingerprint density at radius 3 is 2.29 bits per heavy atom. The Bertz CT molecular complexity index is 416. The van der Waals surface area contributed by atoms with Gasteiger partial charge in [-0.05, 0) is 57.8 Å². The third-order valence-corrected chi connectivity index (χ3v) is 6.03. The first kappa shape index (κ1) is 19.3. The van der Waals surface area contributed by atoms with Gasteiger partial charge in [0.05, 0.1) is 0 Å². The van der Waals surface area contributed by atoms with E-state index >= 15 is 0 Å². The standard InChI is InChI=1S/C20H36N2O2/c1-4-6-14-21(3)19(23)16-10-12-17(13-11-16)20(24)22-15-8-7-9-18(22)5-2/h16-18H,4-15H2,1-3H3. The molecule has 24 heavy (non-hydrogen) atoms. The van der Waals surface area contributed by atoms with Crippen molar-refractivity contribution in [1.82, 2.24) is 9.80 Å². The SMILES string of the molecule is CCCCN(C)C(=O)C1CCC(C(=O)N2CCCCC2CC)CC1. The molecule has 0 aromatic rings. The Labute approximate surface area is 148 Å². The van der Waals surface area contributed by atoms with Gasteiger partial charge in [-0.25, -0.2) is 0 Å². The number of amides is 2. The number of likely N-dealkylation sites (tertiary alicyclic amines) is 1. The summed E-state index contributed by atoms with van der Waals surface area (Å²) in [4.78, 5) is 29.5. The Morgan fingerprint density at radius 2 is 1.67 bits per heavy atom. The van der Waals surface area contributed by atoms with Crippen molar-refractivity contribution in [3.63, 3.8) is 0 Å². The number of carbonyl (C=O) groups is 2. The summed E-state index contributed by atoms with van der Waals surface area (Å²) >= 11 is 0. The Kier molecular flexibility index (Phi) is 7.57. The normalized spacial score (nSPS) is 27.8. The lowest BCUT2D eigenvalue weighted by Gasteiger charge is -2.39. The fourth-order valence-electron chi connectivity index (χ4n) is 4.35. The van der Waals surface area contributed by atoms with Crippen molar-refractivity contribution in [1.29, 1.82) is 0 Å². The van der Waals surface area contributed by atoms with Crippen LogP contribution in [0.2, 0.25) is 0 Å². The highest BCUT2D eigenvalue weighted by atomic mass is 16.2. The van der Waals surface area contributed by atoms with Crippen LogP contribution < -0.4 is 0 Å². The highest BCUT2D eigenvalue weighted by Crippen LogP contribution is 2.33. The van der Waals surface area contributed by atoms with Gasteiger partial charge in [-0.2, -0.15) is 0 Å². The van der Waals surface area contributed by atoms with Gasteiger partial charge in [0.15, 0.2) is 0 Å². The number of piperidine rings is 1. The predicted octanol–water partition coefficient (Wildman–Crippen LogP) is 3.84. The molecule has 2 amide bonds. The van der Waals surface area contributed by atoms with Gasteiger partial charge in [-0.15, -0.1) is 0 Å². The van der Waals surface area contributed by atoms with E-state index in [1.807, 2.05) is 11.9 Å². The lowest BCUT2D eigenvalue weighted by Crippen LogP contribution is -2.47. The maximum atomic E-state index is 12.9. The summed E-state index contributed by atoms with van der Waals surface area (Å²) in [6.07, 6.45) is 10.4. The van der Waals surface area contributed by atoms with Gasteiger partial charge >= 0.3 is 0 Å². The highest BCUT2D eigenvalue weighted by molar-refractivity contribution is 5.81. The second kappa shape index (κ2) is 9.43. The smallest absolute Gasteiger partial charge is 0.225 e. The molecule has 1 unspecified atom stereocenters.